The van der Waals surface area contributed by atoms with E-state index in [1.54, 1.807) is 26.9 Å². The molecule has 2 bridgehead atoms. The molecular weight excluding hydrogens is 594 g/mol. The van der Waals surface area contributed by atoms with Crippen molar-refractivity contribution in [3.63, 3.8) is 0 Å². The van der Waals surface area contributed by atoms with Crippen LogP contribution < -0.4 is 9.64 Å². The van der Waals surface area contributed by atoms with Crippen molar-refractivity contribution >= 4 is 23.4 Å². The molecule has 6 atom stereocenters. The summed E-state index contributed by atoms with van der Waals surface area (Å²) in [5.74, 6) is -1.64. The molecule has 3 amide bonds. The van der Waals surface area contributed by atoms with Gasteiger partial charge in [-0.1, -0.05) is 49.4 Å². The number of ether oxygens (including phenoxy) is 2. The summed E-state index contributed by atoms with van der Waals surface area (Å²) >= 11 is 0. The Hall–Kier alpha value is -3.95. The van der Waals surface area contributed by atoms with E-state index < -0.39 is 29.1 Å². The van der Waals surface area contributed by atoms with Gasteiger partial charge in [0.15, 0.2) is 0 Å². The minimum absolute atomic E-state index is 0.0628. The number of hydrogen-bond acceptors (Lipinski definition) is 6. The minimum Gasteiger partial charge on any atom is -0.494 e. The zero-order valence-corrected chi connectivity index (χ0v) is 28.0. The van der Waals surface area contributed by atoms with Crippen LogP contribution in [0.2, 0.25) is 0 Å². The molecule has 3 saturated heterocycles. The van der Waals surface area contributed by atoms with Gasteiger partial charge in [-0.3, -0.25) is 14.4 Å². The molecule has 9 nitrogen and oxygen atoms in total. The second-order valence-corrected chi connectivity index (χ2v) is 13.2. The van der Waals surface area contributed by atoms with Gasteiger partial charge in [-0.05, 0) is 75.3 Å². The van der Waals surface area contributed by atoms with Crippen molar-refractivity contribution in [3.05, 3.63) is 85.5 Å². The number of aliphatic hydroxyl groups is 1. The number of rotatable bonds is 16. The van der Waals surface area contributed by atoms with Gasteiger partial charge >= 0.3 is 0 Å². The molecule has 2 aromatic rings. The quantitative estimate of drug-likeness (QED) is 0.204. The Kier molecular flexibility index (Phi) is 10.6. The number of hydrogen-bond donors (Lipinski definition) is 1. The fourth-order valence-electron chi connectivity index (χ4n) is 8.08. The molecule has 2 aromatic carbocycles. The van der Waals surface area contributed by atoms with E-state index in [4.69, 9.17) is 9.47 Å². The number of unbranched alkanes of at least 4 members (excludes halogenated alkanes) is 2. The third-order valence-electron chi connectivity index (χ3n) is 10.3. The summed E-state index contributed by atoms with van der Waals surface area (Å²) in [6.07, 6.45) is 5.81. The van der Waals surface area contributed by atoms with Crippen molar-refractivity contribution in [1.29, 1.82) is 0 Å². The third-order valence-corrected chi connectivity index (χ3v) is 10.3. The normalized spacial score (nSPS) is 27.4. The van der Waals surface area contributed by atoms with E-state index in [2.05, 4.69) is 20.1 Å². The van der Waals surface area contributed by atoms with E-state index in [0.717, 1.165) is 5.56 Å². The summed E-state index contributed by atoms with van der Waals surface area (Å²) in [7, 11) is 0. The second kappa shape index (κ2) is 14.4. The van der Waals surface area contributed by atoms with E-state index in [1.807, 2.05) is 68.4 Å². The Morgan fingerprint density at radius 2 is 1.74 bits per heavy atom. The third kappa shape index (κ3) is 6.23. The Labute approximate surface area is 278 Å². The molecule has 47 heavy (non-hydrogen) atoms. The van der Waals surface area contributed by atoms with Gasteiger partial charge in [0.05, 0.1) is 24.0 Å². The molecule has 3 heterocycles. The van der Waals surface area contributed by atoms with E-state index in [9.17, 15) is 19.5 Å². The fraction of sp³-hybridized carbons (Fsp3) is 0.500. The van der Waals surface area contributed by atoms with E-state index in [-0.39, 0.29) is 36.8 Å². The van der Waals surface area contributed by atoms with Gasteiger partial charge in [0.1, 0.15) is 17.4 Å². The number of benzene rings is 2. The van der Waals surface area contributed by atoms with Gasteiger partial charge in [-0.2, -0.15) is 0 Å². The van der Waals surface area contributed by atoms with Crippen molar-refractivity contribution in [3.8, 4) is 5.75 Å². The average Bonchev–Trinajstić information content (AvgIpc) is 3.58. The summed E-state index contributed by atoms with van der Waals surface area (Å²) in [4.78, 5) is 49.3. The predicted octanol–water partition coefficient (Wildman–Crippen LogP) is 4.99. The van der Waals surface area contributed by atoms with E-state index >= 15 is 0 Å². The van der Waals surface area contributed by atoms with Crippen LogP contribution in [0.5, 0.6) is 5.75 Å². The van der Waals surface area contributed by atoms with Crippen LogP contribution in [0.25, 0.3) is 0 Å². The van der Waals surface area contributed by atoms with Gasteiger partial charge in [0.2, 0.25) is 17.7 Å². The molecule has 0 aromatic heterocycles. The minimum atomic E-state index is -1.16. The Morgan fingerprint density at radius 1 is 1.04 bits per heavy atom. The number of amides is 3. The first kappa shape index (κ1) is 34.4. The first-order valence-corrected chi connectivity index (χ1v) is 16.9. The molecule has 1 spiro atoms. The fourth-order valence-corrected chi connectivity index (χ4v) is 8.08. The van der Waals surface area contributed by atoms with Gasteiger partial charge in [-0.15, -0.1) is 13.2 Å². The van der Waals surface area contributed by atoms with Crippen LogP contribution in [0.15, 0.2) is 79.9 Å². The number of likely N-dealkylation sites (tertiary alicyclic amines) is 1. The number of carbonyl (C=O) groups is 3. The van der Waals surface area contributed by atoms with Gasteiger partial charge in [0.25, 0.3) is 0 Å². The number of carbonyl (C=O) groups excluding carboxylic acids is 3. The molecule has 9 heteroatoms. The van der Waals surface area contributed by atoms with Crippen LogP contribution in [0.3, 0.4) is 0 Å². The molecule has 3 aliphatic heterocycles. The zero-order valence-electron chi connectivity index (χ0n) is 28.0. The summed E-state index contributed by atoms with van der Waals surface area (Å²) in [5, 5.41) is 9.40. The average molecular weight is 644 g/mol. The zero-order chi connectivity index (χ0) is 33.8. The maximum absolute atomic E-state index is 14.8. The van der Waals surface area contributed by atoms with Crippen molar-refractivity contribution in [2.75, 3.05) is 37.7 Å². The summed E-state index contributed by atoms with van der Waals surface area (Å²) in [6.45, 7) is 15.6. The number of fused-ring (bicyclic) bond motifs is 1. The van der Waals surface area contributed by atoms with Gasteiger partial charge in [0, 0.05) is 38.5 Å². The number of anilines is 1. The van der Waals surface area contributed by atoms with Crippen molar-refractivity contribution in [2.24, 2.45) is 17.8 Å². The topological polar surface area (TPSA) is 99.6 Å². The molecule has 0 saturated carbocycles. The highest BCUT2D eigenvalue weighted by Crippen LogP contribution is 2.65. The molecule has 0 radical (unpaired) electrons. The summed E-state index contributed by atoms with van der Waals surface area (Å²) in [5.41, 5.74) is -0.470. The first-order chi connectivity index (χ1) is 22.7. The highest BCUT2D eigenvalue weighted by molar-refractivity contribution is 6.03. The molecule has 0 aliphatic carbocycles. The number of nitrogens with zero attached hydrogens (tertiary/aromatic N) is 3. The second-order valence-electron chi connectivity index (χ2n) is 13.2. The van der Waals surface area contributed by atoms with Crippen LogP contribution in [-0.4, -0.2) is 82.7 Å². The largest absolute Gasteiger partial charge is 0.494 e. The Bertz CT molecular complexity index is 1450. The molecule has 252 valence electrons. The Morgan fingerprint density at radius 3 is 2.38 bits per heavy atom. The lowest BCUT2D eigenvalue weighted by molar-refractivity contribution is -0.152. The van der Waals surface area contributed by atoms with Crippen LogP contribution in [0, 0.1) is 17.8 Å². The molecule has 5 rings (SSSR count). The first-order valence-electron chi connectivity index (χ1n) is 16.9. The maximum atomic E-state index is 14.8. The molecule has 3 aliphatic rings. The van der Waals surface area contributed by atoms with Crippen molar-refractivity contribution in [2.45, 2.75) is 70.2 Å². The highest BCUT2D eigenvalue weighted by Gasteiger charge is 2.80. The molecular formula is C38H49N3O6. The van der Waals surface area contributed by atoms with Gasteiger partial charge in [-0.25, -0.2) is 0 Å². The van der Waals surface area contributed by atoms with Crippen molar-refractivity contribution in [1.82, 2.24) is 9.80 Å². The molecule has 1 N–H and O–H groups in total. The smallest absolute Gasteiger partial charge is 0.248 e. The maximum Gasteiger partial charge on any atom is 0.248 e. The number of aliphatic hydroxyl groups excluding tert-OH is 1. The summed E-state index contributed by atoms with van der Waals surface area (Å²) < 4.78 is 12.6. The van der Waals surface area contributed by atoms with Gasteiger partial charge < -0.3 is 29.3 Å². The lowest BCUT2D eigenvalue weighted by Gasteiger charge is -2.39. The standard InChI is InChI=1S/C38H49N3O6/c1-6-21-39(26-28-15-11-9-12-16-28)36(45)33-38-25-27(4)37(5,47-38)31(32(38)35(44)41(33)23-13-10-14-24-42)34(43)40(22-7-2)29-17-19-30(20-18-29)46-8-3/h6-7,9,11-12,15-20,27,31-33,42H,1-2,8,10,13-14,21-26H2,3-5H3/t27?,31-,32-,33?,37+,38?/m0/s1. The van der Waals surface area contributed by atoms with E-state index in [0.29, 0.717) is 63.4 Å². The summed E-state index contributed by atoms with van der Waals surface area (Å²) in [6, 6.07) is 16.2. The lowest BCUT2D eigenvalue weighted by Crippen LogP contribution is -2.57. The van der Waals surface area contributed by atoms with Crippen LogP contribution in [0.4, 0.5) is 5.69 Å². The highest BCUT2D eigenvalue weighted by atomic mass is 16.5. The van der Waals surface area contributed by atoms with Crippen LogP contribution in [-0.2, 0) is 25.7 Å². The van der Waals surface area contributed by atoms with Crippen molar-refractivity contribution < 1.29 is 29.0 Å². The molecule has 3 unspecified atom stereocenters. The van der Waals surface area contributed by atoms with Crippen LogP contribution >= 0.6 is 0 Å². The predicted molar refractivity (Wildman–Crippen MR) is 182 cm³/mol. The van der Waals surface area contributed by atoms with Crippen LogP contribution in [0.1, 0.15) is 52.0 Å². The SMILES string of the molecule is C=CCN(Cc1ccccc1)C(=O)C1N(CCCCCO)C(=O)[C@@H]2[C@@H](C(=O)N(CC=C)c3ccc(OCC)cc3)[C@]3(C)OC12CC3C. The van der Waals surface area contributed by atoms with E-state index in [1.165, 1.54) is 0 Å². The Balaban J connectivity index is 1.55. The monoisotopic (exact) mass is 643 g/mol. The molecule has 3 fully saturated rings. The lowest BCUT2D eigenvalue weighted by atomic mass is 9.62.